The predicted octanol–water partition coefficient (Wildman–Crippen LogP) is 3.91. The number of rotatable bonds is 8. The smallest absolute Gasteiger partial charge is 0.338 e. The van der Waals surface area contributed by atoms with Gasteiger partial charge < -0.3 is 15.4 Å². The fourth-order valence-corrected chi connectivity index (χ4v) is 3.35. The minimum atomic E-state index is -0.628. The van der Waals surface area contributed by atoms with E-state index in [9.17, 15) is 14.4 Å². The molecule has 2 N–H and O–H groups in total. The maximum Gasteiger partial charge on any atom is 0.338 e. The van der Waals surface area contributed by atoms with Crippen LogP contribution in [0, 0.1) is 6.92 Å². The van der Waals surface area contributed by atoms with E-state index in [0.717, 1.165) is 16.8 Å². The van der Waals surface area contributed by atoms with E-state index in [1.165, 1.54) is 0 Å². The van der Waals surface area contributed by atoms with Crippen LogP contribution in [-0.2, 0) is 16.1 Å². The van der Waals surface area contributed by atoms with E-state index in [4.69, 9.17) is 4.74 Å². The van der Waals surface area contributed by atoms with E-state index in [1.807, 2.05) is 31.2 Å². The first kappa shape index (κ1) is 23.4. The van der Waals surface area contributed by atoms with E-state index < -0.39 is 18.5 Å². The van der Waals surface area contributed by atoms with Crippen LogP contribution in [0.4, 0.5) is 5.69 Å². The van der Waals surface area contributed by atoms with Gasteiger partial charge in [0.05, 0.1) is 22.5 Å². The number of ether oxygens (including phenoxy) is 1. The molecule has 0 aliphatic heterocycles. The zero-order valence-corrected chi connectivity index (χ0v) is 19.1. The largest absolute Gasteiger partial charge is 0.452 e. The van der Waals surface area contributed by atoms with Crippen molar-refractivity contribution in [1.82, 2.24) is 15.1 Å². The highest BCUT2D eigenvalue weighted by molar-refractivity contribution is 6.04. The first-order valence-electron chi connectivity index (χ1n) is 11.0. The molecule has 0 aliphatic carbocycles. The van der Waals surface area contributed by atoms with Crippen molar-refractivity contribution in [3.05, 3.63) is 114 Å². The first-order valence-corrected chi connectivity index (χ1v) is 11.0. The van der Waals surface area contributed by atoms with Crippen LogP contribution in [0.2, 0.25) is 0 Å². The number of aryl methyl sites for hydroxylation is 1. The van der Waals surface area contributed by atoms with Gasteiger partial charge in [-0.1, -0.05) is 42.0 Å². The van der Waals surface area contributed by atoms with Gasteiger partial charge in [0, 0.05) is 18.9 Å². The second-order valence-electron chi connectivity index (χ2n) is 7.84. The number of aromatic nitrogens is 2. The Labute approximate surface area is 202 Å². The highest BCUT2D eigenvalue weighted by Gasteiger charge is 2.15. The third-order valence-electron chi connectivity index (χ3n) is 5.23. The molecule has 4 rings (SSSR count). The van der Waals surface area contributed by atoms with Crippen LogP contribution in [0.5, 0.6) is 0 Å². The fraction of sp³-hybridized carbons (Fsp3) is 0.111. The van der Waals surface area contributed by atoms with Gasteiger partial charge >= 0.3 is 5.97 Å². The number of hydrogen-bond acceptors (Lipinski definition) is 5. The van der Waals surface area contributed by atoms with Crippen LogP contribution in [0.25, 0.3) is 5.69 Å². The second-order valence-corrected chi connectivity index (χ2v) is 7.84. The number of benzene rings is 3. The standard InChI is InChI=1S/C27H24N4O4/c1-19-7-9-20(10-8-19)17-28-26(33)23-5-2-3-6-24(23)30-25(32)18-35-27(34)21-11-13-22(14-12-21)31-16-4-15-29-31/h2-16H,17-18H2,1H3,(H,28,33)(H,30,32). The van der Waals surface area contributed by atoms with Gasteiger partial charge in [-0.15, -0.1) is 0 Å². The van der Waals surface area contributed by atoms with Crippen molar-refractivity contribution in [2.75, 3.05) is 11.9 Å². The van der Waals surface area contributed by atoms with Crippen LogP contribution in [0.3, 0.4) is 0 Å². The number of nitrogens with zero attached hydrogens (tertiary/aromatic N) is 2. The molecule has 0 atom stereocenters. The summed E-state index contributed by atoms with van der Waals surface area (Å²) in [6.45, 7) is 1.87. The van der Waals surface area contributed by atoms with Crippen molar-refractivity contribution in [3.63, 3.8) is 0 Å². The lowest BCUT2D eigenvalue weighted by Gasteiger charge is -2.12. The average Bonchev–Trinajstić information content (AvgIpc) is 3.42. The van der Waals surface area contributed by atoms with Gasteiger partial charge in [0.1, 0.15) is 0 Å². The molecule has 0 spiro atoms. The second kappa shape index (κ2) is 10.9. The molecular weight excluding hydrogens is 444 g/mol. The molecule has 4 aromatic rings. The predicted molar refractivity (Wildman–Crippen MR) is 131 cm³/mol. The van der Waals surface area contributed by atoms with Gasteiger partial charge in [-0.25, -0.2) is 9.48 Å². The summed E-state index contributed by atoms with van der Waals surface area (Å²) in [5, 5.41) is 9.62. The minimum Gasteiger partial charge on any atom is -0.452 e. The normalized spacial score (nSPS) is 10.4. The Morgan fingerprint density at radius 3 is 2.37 bits per heavy atom. The van der Waals surface area contributed by atoms with Crippen LogP contribution >= 0.6 is 0 Å². The van der Waals surface area contributed by atoms with E-state index in [0.29, 0.717) is 23.4 Å². The van der Waals surface area contributed by atoms with Crippen LogP contribution in [0.15, 0.2) is 91.3 Å². The summed E-state index contributed by atoms with van der Waals surface area (Å²) in [4.78, 5) is 37.4. The van der Waals surface area contributed by atoms with E-state index in [-0.39, 0.29) is 5.91 Å². The quantitative estimate of drug-likeness (QED) is 0.382. The molecule has 35 heavy (non-hydrogen) atoms. The lowest BCUT2D eigenvalue weighted by molar-refractivity contribution is -0.119. The Hall–Kier alpha value is -4.72. The van der Waals surface area contributed by atoms with Crippen LogP contribution in [-0.4, -0.2) is 34.2 Å². The summed E-state index contributed by atoms with van der Waals surface area (Å²) in [6, 6.07) is 23.0. The highest BCUT2D eigenvalue weighted by Crippen LogP contribution is 2.16. The molecular formula is C27H24N4O4. The Morgan fingerprint density at radius 2 is 1.66 bits per heavy atom. The molecule has 0 aliphatic rings. The molecule has 8 heteroatoms. The molecule has 0 bridgehead atoms. The molecule has 2 amide bonds. The van der Waals surface area contributed by atoms with Crippen LogP contribution < -0.4 is 10.6 Å². The van der Waals surface area contributed by atoms with E-state index in [2.05, 4.69) is 15.7 Å². The topological polar surface area (TPSA) is 102 Å². The average molecular weight is 469 g/mol. The van der Waals surface area contributed by atoms with Crippen molar-refractivity contribution >= 4 is 23.5 Å². The first-order chi connectivity index (χ1) is 17.0. The number of amides is 2. The number of anilines is 1. The van der Waals surface area contributed by atoms with E-state index >= 15 is 0 Å². The third-order valence-corrected chi connectivity index (χ3v) is 5.23. The lowest BCUT2D eigenvalue weighted by Crippen LogP contribution is -2.26. The van der Waals surface area contributed by atoms with Gasteiger partial charge in [-0.05, 0) is 55.0 Å². The zero-order chi connectivity index (χ0) is 24.6. The SMILES string of the molecule is Cc1ccc(CNC(=O)c2ccccc2NC(=O)COC(=O)c2ccc(-n3cccn3)cc2)cc1. The van der Waals surface area contributed by atoms with Gasteiger partial charge in [0.25, 0.3) is 11.8 Å². The number of esters is 1. The van der Waals surface area contributed by atoms with Crippen molar-refractivity contribution in [1.29, 1.82) is 0 Å². The molecule has 0 unspecified atom stereocenters. The zero-order valence-electron chi connectivity index (χ0n) is 19.1. The summed E-state index contributed by atoms with van der Waals surface area (Å²) in [6.07, 6.45) is 3.45. The number of carbonyl (C=O) groups is 3. The number of para-hydroxylation sites is 1. The molecule has 0 saturated heterocycles. The summed E-state index contributed by atoms with van der Waals surface area (Å²) in [5.74, 6) is -1.50. The van der Waals surface area contributed by atoms with Crippen molar-refractivity contribution in [2.45, 2.75) is 13.5 Å². The Bertz CT molecular complexity index is 1310. The van der Waals surface area contributed by atoms with Gasteiger partial charge in [-0.3, -0.25) is 9.59 Å². The molecule has 8 nitrogen and oxygen atoms in total. The molecule has 0 radical (unpaired) electrons. The molecule has 1 heterocycles. The molecule has 0 saturated carbocycles. The maximum atomic E-state index is 12.7. The molecule has 3 aromatic carbocycles. The summed E-state index contributed by atoms with van der Waals surface area (Å²) in [7, 11) is 0. The number of hydrogen-bond donors (Lipinski definition) is 2. The summed E-state index contributed by atoms with van der Waals surface area (Å²) >= 11 is 0. The summed E-state index contributed by atoms with van der Waals surface area (Å²) < 4.78 is 6.80. The van der Waals surface area contributed by atoms with Gasteiger partial charge in [-0.2, -0.15) is 5.10 Å². The number of nitrogens with one attached hydrogen (secondary N) is 2. The molecule has 176 valence electrons. The third kappa shape index (κ3) is 6.20. The Kier molecular flexibility index (Phi) is 7.32. The van der Waals surface area contributed by atoms with Crippen molar-refractivity contribution in [3.8, 4) is 5.69 Å². The van der Waals surface area contributed by atoms with Crippen molar-refractivity contribution < 1.29 is 19.1 Å². The van der Waals surface area contributed by atoms with Crippen molar-refractivity contribution in [2.24, 2.45) is 0 Å². The highest BCUT2D eigenvalue weighted by atomic mass is 16.5. The monoisotopic (exact) mass is 468 g/mol. The fourth-order valence-electron chi connectivity index (χ4n) is 3.35. The molecule has 1 aromatic heterocycles. The Morgan fingerprint density at radius 1 is 0.914 bits per heavy atom. The van der Waals surface area contributed by atoms with E-state index in [1.54, 1.807) is 71.7 Å². The van der Waals surface area contributed by atoms with Gasteiger partial charge in [0.15, 0.2) is 6.61 Å². The number of carbonyl (C=O) groups excluding carboxylic acids is 3. The van der Waals surface area contributed by atoms with Crippen LogP contribution in [0.1, 0.15) is 31.8 Å². The van der Waals surface area contributed by atoms with Gasteiger partial charge in [0.2, 0.25) is 0 Å². The molecule has 0 fully saturated rings. The Balaban J connectivity index is 1.31. The maximum absolute atomic E-state index is 12.7. The summed E-state index contributed by atoms with van der Waals surface area (Å²) in [5.41, 5.74) is 3.85. The minimum absolute atomic E-state index is 0.310. The lowest BCUT2D eigenvalue weighted by atomic mass is 10.1.